The van der Waals surface area contributed by atoms with Gasteiger partial charge in [0.05, 0.1) is 5.41 Å². The highest BCUT2D eigenvalue weighted by Crippen LogP contribution is 2.21. The van der Waals surface area contributed by atoms with Crippen molar-refractivity contribution in [2.45, 2.75) is 34.6 Å². The molecule has 0 saturated heterocycles. The highest BCUT2D eigenvalue weighted by molar-refractivity contribution is 5.92. The molecule has 0 bridgehead atoms. The summed E-state index contributed by atoms with van der Waals surface area (Å²) in [6.07, 6.45) is 1.63. The Labute approximate surface area is 125 Å². The topological polar surface area (TPSA) is 63.6 Å². The molecule has 1 aromatic carbocycles. The second-order valence-electron chi connectivity index (χ2n) is 6.27. The Morgan fingerprint density at radius 2 is 1.67 bits per heavy atom. The van der Waals surface area contributed by atoms with Crippen LogP contribution in [0, 0.1) is 11.3 Å². The molecule has 21 heavy (non-hydrogen) atoms. The fraction of sp³-hybridized carbons (Fsp3) is 0.412. The Bertz CT molecular complexity index is 545. The second-order valence-corrected chi connectivity index (χ2v) is 6.27. The van der Waals surface area contributed by atoms with Crippen molar-refractivity contribution >= 4 is 18.0 Å². The molecule has 4 heteroatoms. The molecule has 4 nitrogen and oxygen atoms in total. The van der Waals surface area contributed by atoms with E-state index in [1.807, 2.05) is 13.8 Å². The maximum Gasteiger partial charge on any atom is 0.331 e. The minimum Gasteiger partial charge on any atom is -0.478 e. The predicted octanol–water partition coefficient (Wildman–Crippen LogP) is 3.76. The summed E-state index contributed by atoms with van der Waals surface area (Å²) in [5.74, 6) is -0.846. The molecule has 0 saturated carbocycles. The molecule has 0 aliphatic rings. The van der Waals surface area contributed by atoms with Gasteiger partial charge in [0, 0.05) is 5.57 Å². The van der Waals surface area contributed by atoms with E-state index in [1.165, 1.54) is 0 Å². The number of ether oxygens (including phenoxy) is 1. The summed E-state index contributed by atoms with van der Waals surface area (Å²) in [6, 6.07) is 6.79. The first-order valence-electron chi connectivity index (χ1n) is 6.88. The van der Waals surface area contributed by atoms with Crippen LogP contribution in [0.3, 0.4) is 0 Å². The van der Waals surface area contributed by atoms with Gasteiger partial charge in [0.1, 0.15) is 5.75 Å². The number of carbonyl (C=O) groups is 2. The van der Waals surface area contributed by atoms with E-state index >= 15 is 0 Å². The molecule has 0 aliphatic heterocycles. The summed E-state index contributed by atoms with van der Waals surface area (Å²) in [5, 5.41) is 9.13. The van der Waals surface area contributed by atoms with Gasteiger partial charge in [-0.1, -0.05) is 26.0 Å². The lowest BCUT2D eigenvalue weighted by Crippen LogP contribution is -2.25. The van der Waals surface area contributed by atoms with E-state index < -0.39 is 11.4 Å². The average Bonchev–Trinajstić information content (AvgIpc) is 2.35. The minimum absolute atomic E-state index is 0.0686. The van der Waals surface area contributed by atoms with Gasteiger partial charge in [-0.05, 0) is 50.5 Å². The van der Waals surface area contributed by atoms with Crippen LogP contribution in [0.4, 0.5) is 0 Å². The van der Waals surface area contributed by atoms with E-state index in [-0.39, 0.29) is 11.9 Å². The van der Waals surface area contributed by atoms with Gasteiger partial charge in [-0.2, -0.15) is 0 Å². The first kappa shape index (κ1) is 17.0. The first-order chi connectivity index (χ1) is 9.61. The zero-order chi connectivity index (χ0) is 16.2. The van der Waals surface area contributed by atoms with Crippen LogP contribution in [0.1, 0.15) is 40.2 Å². The van der Waals surface area contributed by atoms with E-state index in [4.69, 9.17) is 9.84 Å². The van der Waals surface area contributed by atoms with Gasteiger partial charge in [0.25, 0.3) is 0 Å². The smallest absolute Gasteiger partial charge is 0.331 e. The number of hydrogen-bond donors (Lipinski definition) is 1. The third-order valence-corrected chi connectivity index (χ3v) is 2.89. The number of esters is 1. The lowest BCUT2D eigenvalue weighted by Gasteiger charge is -2.16. The normalized spacial score (nSPS) is 12.4. The molecule has 0 aliphatic carbocycles. The molecule has 1 N–H and O–H groups in total. The Kier molecular flexibility index (Phi) is 5.30. The SMILES string of the molecule is CC(C)/C(=C\c1ccc(OC(=O)C(C)(C)C)cc1)C(=O)O. The van der Waals surface area contributed by atoms with E-state index in [0.717, 1.165) is 5.56 Å². The van der Waals surface area contributed by atoms with Crippen molar-refractivity contribution in [3.8, 4) is 5.75 Å². The van der Waals surface area contributed by atoms with Gasteiger partial charge < -0.3 is 9.84 Å². The highest BCUT2D eigenvalue weighted by Gasteiger charge is 2.23. The highest BCUT2D eigenvalue weighted by atomic mass is 16.5. The Morgan fingerprint density at radius 1 is 1.14 bits per heavy atom. The monoisotopic (exact) mass is 290 g/mol. The number of carboxylic acid groups (broad SMARTS) is 1. The van der Waals surface area contributed by atoms with Crippen molar-refractivity contribution in [2.75, 3.05) is 0 Å². The molecule has 0 aromatic heterocycles. The molecule has 0 heterocycles. The third-order valence-electron chi connectivity index (χ3n) is 2.89. The summed E-state index contributed by atoms with van der Waals surface area (Å²) >= 11 is 0. The Hall–Kier alpha value is -2.10. The van der Waals surface area contributed by atoms with Crippen molar-refractivity contribution in [2.24, 2.45) is 11.3 Å². The van der Waals surface area contributed by atoms with Crippen LogP contribution in [0.25, 0.3) is 6.08 Å². The maximum atomic E-state index is 11.8. The number of rotatable bonds is 4. The zero-order valence-electron chi connectivity index (χ0n) is 13.1. The first-order valence-corrected chi connectivity index (χ1v) is 6.88. The molecule has 0 amide bonds. The predicted molar refractivity (Wildman–Crippen MR) is 82.0 cm³/mol. The average molecular weight is 290 g/mol. The van der Waals surface area contributed by atoms with Gasteiger partial charge in [0.2, 0.25) is 0 Å². The van der Waals surface area contributed by atoms with E-state index in [2.05, 4.69) is 0 Å². The lowest BCUT2D eigenvalue weighted by atomic mass is 9.97. The molecule has 1 aromatic rings. The van der Waals surface area contributed by atoms with E-state index in [9.17, 15) is 9.59 Å². The summed E-state index contributed by atoms with van der Waals surface area (Å²) in [4.78, 5) is 22.9. The molecule has 0 fully saturated rings. The van der Waals surface area contributed by atoms with Gasteiger partial charge in [-0.25, -0.2) is 4.79 Å². The summed E-state index contributed by atoms with van der Waals surface area (Å²) < 4.78 is 5.26. The number of hydrogen-bond acceptors (Lipinski definition) is 3. The van der Waals surface area contributed by atoms with Gasteiger partial charge >= 0.3 is 11.9 Å². The number of carbonyl (C=O) groups excluding carboxylic acids is 1. The number of benzene rings is 1. The maximum absolute atomic E-state index is 11.8. The molecule has 0 spiro atoms. The Morgan fingerprint density at radius 3 is 2.05 bits per heavy atom. The van der Waals surface area contributed by atoms with E-state index in [0.29, 0.717) is 11.3 Å². The van der Waals surface area contributed by atoms with Crippen LogP contribution in [-0.4, -0.2) is 17.0 Å². The molecule has 0 radical (unpaired) electrons. The van der Waals surface area contributed by atoms with E-state index in [1.54, 1.807) is 51.1 Å². The Balaban J connectivity index is 2.91. The van der Waals surface area contributed by atoms with Crippen LogP contribution in [0.2, 0.25) is 0 Å². The van der Waals surface area contributed by atoms with Crippen molar-refractivity contribution in [3.63, 3.8) is 0 Å². The van der Waals surface area contributed by atoms with Crippen LogP contribution < -0.4 is 4.74 Å². The van der Waals surface area contributed by atoms with Crippen LogP contribution in [-0.2, 0) is 9.59 Å². The van der Waals surface area contributed by atoms with Gasteiger partial charge in [-0.3, -0.25) is 4.79 Å². The number of carboxylic acids is 1. The van der Waals surface area contributed by atoms with Crippen LogP contribution >= 0.6 is 0 Å². The van der Waals surface area contributed by atoms with Crippen molar-refractivity contribution in [3.05, 3.63) is 35.4 Å². The summed E-state index contributed by atoms with van der Waals surface area (Å²) in [7, 11) is 0. The molecule has 114 valence electrons. The van der Waals surface area contributed by atoms with Crippen LogP contribution in [0.5, 0.6) is 5.75 Å². The van der Waals surface area contributed by atoms with Gasteiger partial charge in [0.15, 0.2) is 0 Å². The second kappa shape index (κ2) is 6.57. The fourth-order valence-corrected chi connectivity index (χ4v) is 1.55. The number of aliphatic carboxylic acids is 1. The standard InChI is InChI=1S/C17H22O4/c1-11(2)14(15(18)19)10-12-6-8-13(9-7-12)21-16(20)17(3,4)5/h6-11H,1-5H3,(H,18,19)/b14-10+. The molecular formula is C17H22O4. The minimum atomic E-state index is -0.923. The zero-order valence-corrected chi connectivity index (χ0v) is 13.1. The molecule has 1 rings (SSSR count). The molecular weight excluding hydrogens is 268 g/mol. The quantitative estimate of drug-likeness (QED) is 0.521. The van der Waals surface area contributed by atoms with Crippen LogP contribution in [0.15, 0.2) is 29.8 Å². The van der Waals surface area contributed by atoms with Crippen molar-refractivity contribution < 1.29 is 19.4 Å². The summed E-state index contributed by atoms with van der Waals surface area (Å²) in [6.45, 7) is 9.02. The lowest BCUT2D eigenvalue weighted by molar-refractivity contribution is -0.143. The molecule has 0 unspecified atom stereocenters. The fourth-order valence-electron chi connectivity index (χ4n) is 1.55. The third kappa shape index (κ3) is 5.06. The summed E-state index contributed by atoms with van der Waals surface area (Å²) in [5.41, 5.74) is 0.540. The van der Waals surface area contributed by atoms with Crippen molar-refractivity contribution in [1.29, 1.82) is 0 Å². The van der Waals surface area contributed by atoms with Crippen molar-refractivity contribution in [1.82, 2.24) is 0 Å². The molecule has 0 atom stereocenters. The largest absolute Gasteiger partial charge is 0.478 e. The van der Waals surface area contributed by atoms with Gasteiger partial charge in [-0.15, -0.1) is 0 Å².